The van der Waals surface area contributed by atoms with E-state index in [-0.39, 0.29) is 0 Å². The molecule has 0 saturated carbocycles. The largest absolute Gasteiger partial charge is 0.389 e. The average molecular weight is 254 g/mol. The molecular weight excluding hydrogens is 232 g/mol. The second-order valence-electron chi connectivity index (χ2n) is 5.52. The molecule has 1 aliphatic heterocycles. The fourth-order valence-corrected chi connectivity index (χ4v) is 3.22. The van der Waals surface area contributed by atoms with Crippen LogP contribution < -0.4 is 0 Å². The molecule has 0 aromatic carbocycles. The van der Waals surface area contributed by atoms with Gasteiger partial charge in [-0.3, -0.25) is 0 Å². The Kier molecular flexibility index (Phi) is 4.17. The van der Waals surface area contributed by atoms with Gasteiger partial charge in [-0.05, 0) is 18.8 Å². The maximum Gasteiger partial charge on any atom is 0.0953 e. The molecule has 0 atom stereocenters. The van der Waals surface area contributed by atoms with E-state index < -0.39 is 5.60 Å². The summed E-state index contributed by atoms with van der Waals surface area (Å²) < 4.78 is 0. The maximum atomic E-state index is 10.5. The third-order valence-electron chi connectivity index (χ3n) is 3.37. The summed E-state index contributed by atoms with van der Waals surface area (Å²) in [5.74, 6) is 0.708. The van der Waals surface area contributed by atoms with Crippen LogP contribution in [0.3, 0.4) is 0 Å². The van der Waals surface area contributed by atoms with E-state index in [4.69, 9.17) is 0 Å². The summed E-state index contributed by atoms with van der Waals surface area (Å²) in [4.78, 5) is 6.73. The molecule has 1 aromatic rings. The first-order valence-corrected chi connectivity index (χ1v) is 7.28. The van der Waals surface area contributed by atoms with Crippen molar-refractivity contribution in [3.05, 3.63) is 16.6 Å². The Morgan fingerprint density at radius 2 is 2.18 bits per heavy atom. The quantitative estimate of drug-likeness (QED) is 0.894. The highest BCUT2D eigenvalue weighted by molar-refractivity contribution is 7.09. The van der Waals surface area contributed by atoms with Gasteiger partial charge >= 0.3 is 0 Å². The highest BCUT2D eigenvalue weighted by Gasteiger charge is 2.33. The van der Waals surface area contributed by atoms with Crippen LogP contribution in [-0.2, 0) is 6.42 Å². The summed E-state index contributed by atoms with van der Waals surface area (Å²) in [5, 5.41) is 13.6. The van der Waals surface area contributed by atoms with Crippen LogP contribution in [0.5, 0.6) is 0 Å². The van der Waals surface area contributed by atoms with Crippen LogP contribution in [0.2, 0.25) is 0 Å². The van der Waals surface area contributed by atoms with E-state index in [1.807, 2.05) is 11.6 Å². The van der Waals surface area contributed by atoms with E-state index in [0.29, 0.717) is 5.92 Å². The van der Waals surface area contributed by atoms with Crippen molar-refractivity contribution in [3.63, 3.8) is 0 Å². The first-order valence-electron chi connectivity index (χ1n) is 6.40. The van der Waals surface area contributed by atoms with E-state index in [9.17, 15) is 5.11 Å². The van der Waals surface area contributed by atoms with Crippen LogP contribution in [0.4, 0.5) is 0 Å². The molecule has 0 bridgehead atoms. The van der Waals surface area contributed by atoms with Crippen molar-refractivity contribution in [3.8, 4) is 0 Å². The van der Waals surface area contributed by atoms with Crippen LogP contribution in [0, 0.1) is 5.92 Å². The van der Waals surface area contributed by atoms with E-state index in [0.717, 1.165) is 43.9 Å². The molecule has 2 heterocycles. The lowest BCUT2D eigenvalue weighted by Gasteiger charge is -2.38. The number of likely N-dealkylation sites (tertiary alicyclic amines) is 1. The Morgan fingerprint density at radius 3 is 2.71 bits per heavy atom. The first-order chi connectivity index (χ1) is 8.07. The second kappa shape index (κ2) is 5.46. The minimum Gasteiger partial charge on any atom is -0.389 e. The normalized spacial score (nSPS) is 20.9. The lowest BCUT2D eigenvalue weighted by molar-refractivity contribution is -0.0227. The molecule has 2 rings (SSSR count). The van der Waals surface area contributed by atoms with Gasteiger partial charge in [0.25, 0.3) is 0 Å². The summed E-state index contributed by atoms with van der Waals surface area (Å²) in [7, 11) is 0. The predicted molar refractivity (Wildman–Crippen MR) is 71.3 cm³/mol. The third-order valence-corrected chi connectivity index (χ3v) is 4.15. The van der Waals surface area contributed by atoms with Gasteiger partial charge in [-0.25, -0.2) is 4.98 Å². The number of aromatic nitrogens is 1. The van der Waals surface area contributed by atoms with Gasteiger partial charge in [0.05, 0.1) is 10.6 Å². The van der Waals surface area contributed by atoms with Crippen molar-refractivity contribution in [2.75, 3.05) is 19.6 Å². The fraction of sp³-hybridized carbons (Fsp3) is 0.769. The van der Waals surface area contributed by atoms with Gasteiger partial charge in [-0.1, -0.05) is 13.8 Å². The fourth-order valence-electron chi connectivity index (χ4n) is 2.47. The smallest absolute Gasteiger partial charge is 0.0953 e. The highest BCUT2D eigenvalue weighted by Crippen LogP contribution is 2.27. The predicted octanol–water partition coefficient (Wildman–Crippen LogP) is 2.17. The molecule has 1 fully saturated rings. The number of piperidine rings is 1. The van der Waals surface area contributed by atoms with Gasteiger partial charge in [0.15, 0.2) is 0 Å². The van der Waals surface area contributed by atoms with Crippen molar-refractivity contribution in [1.82, 2.24) is 9.88 Å². The van der Waals surface area contributed by atoms with Crippen LogP contribution in [0.25, 0.3) is 0 Å². The van der Waals surface area contributed by atoms with E-state index in [2.05, 4.69) is 23.7 Å². The van der Waals surface area contributed by atoms with Gasteiger partial charge in [0.1, 0.15) is 0 Å². The van der Waals surface area contributed by atoms with Crippen molar-refractivity contribution >= 4 is 11.3 Å². The number of thiazole rings is 1. The Hall–Kier alpha value is -0.450. The van der Waals surface area contributed by atoms with Crippen molar-refractivity contribution < 1.29 is 5.11 Å². The van der Waals surface area contributed by atoms with Crippen molar-refractivity contribution in [2.24, 2.45) is 5.92 Å². The molecule has 0 spiro atoms. The zero-order chi connectivity index (χ0) is 12.3. The third kappa shape index (κ3) is 3.76. The molecule has 3 nitrogen and oxygen atoms in total. The van der Waals surface area contributed by atoms with Gasteiger partial charge < -0.3 is 10.0 Å². The molecule has 1 saturated heterocycles. The zero-order valence-corrected chi connectivity index (χ0v) is 11.5. The molecule has 0 unspecified atom stereocenters. The molecule has 1 aromatic heterocycles. The first kappa shape index (κ1) is 13.0. The van der Waals surface area contributed by atoms with Gasteiger partial charge in [-0.15, -0.1) is 11.3 Å². The van der Waals surface area contributed by atoms with Crippen LogP contribution >= 0.6 is 11.3 Å². The number of hydrogen-bond acceptors (Lipinski definition) is 4. The van der Waals surface area contributed by atoms with Crippen molar-refractivity contribution in [1.29, 1.82) is 0 Å². The van der Waals surface area contributed by atoms with E-state index in [1.54, 1.807) is 11.3 Å². The van der Waals surface area contributed by atoms with Crippen molar-refractivity contribution in [2.45, 2.75) is 38.7 Å². The zero-order valence-electron chi connectivity index (χ0n) is 10.7. The molecule has 1 N–H and O–H groups in total. The van der Waals surface area contributed by atoms with Gasteiger partial charge in [0, 0.05) is 37.6 Å². The molecular formula is C13H22N2OS. The standard InChI is InChI=1S/C13H22N2OS/c1-11(2)10-15-6-3-13(16,4-7-15)9-12-14-5-8-17-12/h5,8,11,16H,3-4,6-7,9-10H2,1-2H3. The Balaban J connectivity index is 1.84. The maximum absolute atomic E-state index is 10.5. The Labute approximate surface area is 107 Å². The van der Waals surface area contributed by atoms with Gasteiger partial charge in [0.2, 0.25) is 0 Å². The van der Waals surface area contributed by atoms with Crippen LogP contribution in [0.15, 0.2) is 11.6 Å². The number of aliphatic hydroxyl groups is 1. The topological polar surface area (TPSA) is 36.4 Å². The van der Waals surface area contributed by atoms with E-state index >= 15 is 0 Å². The van der Waals surface area contributed by atoms with Crippen LogP contribution in [0.1, 0.15) is 31.7 Å². The number of hydrogen-bond donors (Lipinski definition) is 1. The van der Waals surface area contributed by atoms with Crippen LogP contribution in [-0.4, -0.2) is 40.2 Å². The minimum atomic E-state index is -0.522. The SMILES string of the molecule is CC(C)CN1CCC(O)(Cc2nccs2)CC1. The Bertz CT molecular complexity index is 329. The number of nitrogens with zero attached hydrogens (tertiary/aromatic N) is 2. The van der Waals surface area contributed by atoms with Gasteiger partial charge in [-0.2, -0.15) is 0 Å². The summed E-state index contributed by atoms with van der Waals surface area (Å²) in [5.41, 5.74) is -0.522. The highest BCUT2D eigenvalue weighted by atomic mass is 32.1. The summed E-state index contributed by atoms with van der Waals surface area (Å²) in [6.45, 7) is 7.67. The molecule has 17 heavy (non-hydrogen) atoms. The molecule has 0 aliphatic carbocycles. The lowest BCUT2D eigenvalue weighted by Crippen LogP contribution is -2.46. The molecule has 96 valence electrons. The second-order valence-corrected chi connectivity index (χ2v) is 6.50. The summed E-state index contributed by atoms with van der Waals surface area (Å²) >= 11 is 1.64. The monoisotopic (exact) mass is 254 g/mol. The molecule has 1 aliphatic rings. The summed E-state index contributed by atoms with van der Waals surface area (Å²) in [6.07, 6.45) is 4.29. The van der Waals surface area contributed by atoms with E-state index in [1.165, 1.54) is 0 Å². The molecule has 0 amide bonds. The Morgan fingerprint density at radius 1 is 1.47 bits per heavy atom. The number of rotatable bonds is 4. The lowest BCUT2D eigenvalue weighted by atomic mass is 9.88. The average Bonchev–Trinajstić information content (AvgIpc) is 2.74. The summed E-state index contributed by atoms with van der Waals surface area (Å²) in [6, 6.07) is 0. The minimum absolute atomic E-state index is 0.522. The molecule has 0 radical (unpaired) electrons. The molecule has 4 heteroatoms.